The molecule has 16 heavy (non-hydrogen) atoms. The molecule has 0 heterocycles. The Labute approximate surface area is 98.6 Å². The Morgan fingerprint density at radius 1 is 1.56 bits per heavy atom. The molecule has 0 aliphatic rings. The van der Waals surface area contributed by atoms with E-state index >= 15 is 0 Å². The van der Waals surface area contributed by atoms with Crippen LogP contribution in [0.1, 0.15) is 18.1 Å². The van der Waals surface area contributed by atoms with E-state index in [0.717, 1.165) is 17.3 Å². The number of hydrogen-bond donors (Lipinski definition) is 1. The minimum Gasteiger partial charge on any atom is -0.398 e. The van der Waals surface area contributed by atoms with E-state index in [1.807, 2.05) is 6.07 Å². The molecule has 0 aromatic heterocycles. The summed E-state index contributed by atoms with van der Waals surface area (Å²) in [5, 5.41) is 8.81. The number of nitrogens with two attached hydrogens (primary N) is 1. The molecular formula is C12H10N2OS. The van der Waals surface area contributed by atoms with Crippen molar-refractivity contribution < 1.29 is 4.79 Å². The van der Waals surface area contributed by atoms with Crippen molar-refractivity contribution in [3.63, 3.8) is 0 Å². The molecule has 0 radical (unpaired) electrons. The van der Waals surface area contributed by atoms with Crippen LogP contribution in [0.5, 0.6) is 0 Å². The van der Waals surface area contributed by atoms with Gasteiger partial charge in [0.2, 0.25) is 0 Å². The van der Waals surface area contributed by atoms with Crippen LogP contribution in [0.4, 0.5) is 5.69 Å². The summed E-state index contributed by atoms with van der Waals surface area (Å²) in [5.74, 6) is 6.18. The van der Waals surface area contributed by atoms with Gasteiger partial charge >= 0.3 is 0 Å². The Bertz CT molecular complexity index is 506. The van der Waals surface area contributed by atoms with Crippen LogP contribution < -0.4 is 5.73 Å². The second-order valence-electron chi connectivity index (χ2n) is 3.00. The van der Waals surface area contributed by atoms with Gasteiger partial charge in [0.05, 0.1) is 11.3 Å². The quantitative estimate of drug-likeness (QED) is 0.589. The fourth-order valence-corrected chi connectivity index (χ4v) is 1.35. The lowest BCUT2D eigenvalue weighted by molar-refractivity contribution is -0.109. The molecule has 0 aliphatic heterocycles. The molecule has 0 spiro atoms. The molecule has 3 nitrogen and oxygen atoms in total. The maximum absolute atomic E-state index is 10.6. The number of carbonyl (C=O) groups excluding carboxylic acids is 1. The molecule has 0 saturated heterocycles. The molecule has 1 rings (SSSR count). The molecule has 1 aromatic carbocycles. The topological polar surface area (TPSA) is 66.9 Å². The third-order valence-corrected chi connectivity index (χ3v) is 2.45. The molecule has 0 amide bonds. The number of nitrogen functional groups attached to an aromatic ring is 1. The lowest BCUT2D eigenvalue weighted by Crippen LogP contribution is -1.90. The summed E-state index contributed by atoms with van der Waals surface area (Å²) < 4.78 is 0. The second kappa shape index (κ2) is 5.85. The Balaban J connectivity index is 2.75. The van der Waals surface area contributed by atoms with E-state index in [1.165, 1.54) is 6.92 Å². The summed E-state index contributed by atoms with van der Waals surface area (Å²) in [5.41, 5.74) is 7.18. The van der Waals surface area contributed by atoms with Crippen LogP contribution in [0, 0.1) is 23.2 Å². The monoisotopic (exact) mass is 230 g/mol. The largest absolute Gasteiger partial charge is 0.398 e. The molecule has 2 N–H and O–H groups in total. The lowest BCUT2D eigenvalue weighted by Gasteiger charge is -1.96. The van der Waals surface area contributed by atoms with Crippen LogP contribution in [-0.4, -0.2) is 10.9 Å². The highest BCUT2D eigenvalue weighted by Gasteiger charge is 1.97. The summed E-state index contributed by atoms with van der Waals surface area (Å²) in [4.78, 5) is 10.6. The zero-order valence-corrected chi connectivity index (χ0v) is 9.60. The van der Waals surface area contributed by atoms with Gasteiger partial charge in [0, 0.05) is 18.2 Å². The summed E-state index contributed by atoms with van der Waals surface area (Å²) in [6.45, 7) is 1.50. The minimum absolute atomic E-state index is 0.0457. The lowest BCUT2D eigenvalue weighted by atomic mass is 10.1. The first-order valence-electron chi connectivity index (χ1n) is 4.55. The fourth-order valence-electron chi connectivity index (χ4n) is 1.01. The van der Waals surface area contributed by atoms with Gasteiger partial charge in [-0.15, -0.1) is 0 Å². The van der Waals surface area contributed by atoms with Gasteiger partial charge in [0.25, 0.3) is 0 Å². The van der Waals surface area contributed by atoms with Crippen LogP contribution in [0.3, 0.4) is 0 Å². The van der Waals surface area contributed by atoms with Gasteiger partial charge in [0.15, 0.2) is 5.12 Å². The molecule has 80 valence electrons. The van der Waals surface area contributed by atoms with E-state index in [0.29, 0.717) is 17.0 Å². The van der Waals surface area contributed by atoms with Crippen LogP contribution in [0.2, 0.25) is 0 Å². The van der Waals surface area contributed by atoms with Crippen molar-refractivity contribution >= 4 is 22.6 Å². The predicted molar refractivity (Wildman–Crippen MR) is 65.6 cm³/mol. The Kier molecular flexibility index (Phi) is 4.44. The number of nitrogens with zero attached hydrogens (tertiary/aromatic N) is 1. The smallest absolute Gasteiger partial charge is 0.186 e. The number of thioether (sulfide) groups is 1. The van der Waals surface area contributed by atoms with Gasteiger partial charge < -0.3 is 5.73 Å². The van der Waals surface area contributed by atoms with Crippen LogP contribution in [0.15, 0.2) is 18.2 Å². The standard InChI is InChI=1S/C12H10N2OS/c1-9(15)16-6-2-3-10-4-5-12(14)11(7-10)8-13/h4-5,7H,6,14H2,1H3. The van der Waals surface area contributed by atoms with E-state index in [4.69, 9.17) is 11.0 Å². The SMILES string of the molecule is CC(=O)SCC#Cc1ccc(N)c(C#N)c1. The molecule has 0 saturated carbocycles. The maximum atomic E-state index is 10.6. The van der Waals surface area contributed by atoms with Gasteiger partial charge in [0.1, 0.15) is 6.07 Å². The first-order valence-corrected chi connectivity index (χ1v) is 5.54. The Morgan fingerprint density at radius 2 is 2.31 bits per heavy atom. The highest BCUT2D eigenvalue weighted by molar-refractivity contribution is 8.13. The van der Waals surface area contributed by atoms with Gasteiger partial charge in [-0.3, -0.25) is 4.79 Å². The molecule has 1 aromatic rings. The van der Waals surface area contributed by atoms with Gasteiger partial charge in [-0.2, -0.15) is 5.26 Å². The average Bonchev–Trinajstić information content (AvgIpc) is 2.26. The van der Waals surface area contributed by atoms with E-state index in [-0.39, 0.29) is 5.12 Å². The number of carbonyl (C=O) groups is 1. The normalized spacial score (nSPS) is 8.75. The third-order valence-electron chi connectivity index (χ3n) is 1.75. The van der Waals surface area contributed by atoms with Crippen LogP contribution in [0.25, 0.3) is 0 Å². The number of hydrogen-bond acceptors (Lipinski definition) is 4. The summed E-state index contributed by atoms with van der Waals surface area (Å²) in [7, 11) is 0. The number of anilines is 1. The van der Waals surface area contributed by atoms with E-state index in [2.05, 4.69) is 11.8 Å². The molecular weight excluding hydrogens is 220 g/mol. The fraction of sp³-hybridized carbons (Fsp3) is 0.167. The molecule has 0 fully saturated rings. The van der Waals surface area contributed by atoms with E-state index < -0.39 is 0 Å². The highest BCUT2D eigenvalue weighted by Crippen LogP contribution is 2.12. The van der Waals surface area contributed by atoms with Gasteiger partial charge in [-0.1, -0.05) is 23.6 Å². The maximum Gasteiger partial charge on any atom is 0.186 e. The van der Waals surface area contributed by atoms with Crippen molar-refractivity contribution in [2.45, 2.75) is 6.92 Å². The van der Waals surface area contributed by atoms with Crippen molar-refractivity contribution in [2.75, 3.05) is 11.5 Å². The van der Waals surface area contributed by atoms with E-state index in [9.17, 15) is 4.79 Å². The zero-order chi connectivity index (χ0) is 12.0. The second-order valence-corrected chi connectivity index (χ2v) is 4.15. The first kappa shape index (κ1) is 12.2. The Hall–Kier alpha value is -1.91. The first-order chi connectivity index (χ1) is 7.63. The highest BCUT2D eigenvalue weighted by atomic mass is 32.2. The molecule has 4 heteroatoms. The Morgan fingerprint density at radius 3 is 2.94 bits per heavy atom. The van der Waals surface area contributed by atoms with Crippen molar-refractivity contribution in [3.8, 4) is 17.9 Å². The van der Waals surface area contributed by atoms with Gasteiger partial charge in [-0.25, -0.2) is 0 Å². The molecule has 0 aliphatic carbocycles. The average molecular weight is 230 g/mol. The zero-order valence-electron chi connectivity index (χ0n) is 8.78. The number of nitriles is 1. The van der Waals surface area contributed by atoms with Gasteiger partial charge in [-0.05, 0) is 18.2 Å². The summed E-state index contributed by atoms with van der Waals surface area (Å²) in [6, 6.07) is 7.04. The van der Waals surface area contributed by atoms with Crippen molar-refractivity contribution in [1.29, 1.82) is 5.26 Å². The molecule has 0 unspecified atom stereocenters. The molecule has 0 bridgehead atoms. The van der Waals surface area contributed by atoms with Crippen molar-refractivity contribution in [2.24, 2.45) is 0 Å². The third kappa shape index (κ3) is 3.68. The van der Waals surface area contributed by atoms with Crippen molar-refractivity contribution in [3.05, 3.63) is 29.3 Å². The van der Waals surface area contributed by atoms with Crippen LogP contribution >= 0.6 is 11.8 Å². The number of rotatable bonds is 1. The minimum atomic E-state index is 0.0457. The number of benzene rings is 1. The summed E-state index contributed by atoms with van der Waals surface area (Å²) in [6.07, 6.45) is 0. The van der Waals surface area contributed by atoms with E-state index in [1.54, 1.807) is 18.2 Å². The predicted octanol–water partition coefficient (Wildman–Crippen LogP) is 1.77. The molecule has 0 atom stereocenters. The van der Waals surface area contributed by atoms with Crippen molar-refractivity contribution in [1.82, 2.24) is 0 Å². The summed E-state index contributed by atoms with van der Waals surface area (Å²) >= 11 is 1.16. The van der Waals surface area contributed by atoms with Crippen LogP contribution in [-0.2, 0) is 4.79 Å².